The summed E-state index contributed by atoms with van der Waals surface area (Å²) in [6, 6.07) is -2.53. The molecule has 3 atom stereocenters. The minimum absolute atomic E-state index is 0. The summed E-state index contributed by atoms with van der Waals surface area (Å²) in [4.78, 5) is 28.4. The quantitative estimate of drug-likeness (QED) is 0.411. The minimum Gasteiger partial charge on any atom is -0.548 e. The number of nitrogens with two attached hydrogens (primary N) is 3. The molecule has 0 bridgehead atoms. The van der Waals surface area contributed by atoms with Gasteiger partial charge in [0, 0.05) is 18.1 Å². The Morgan fingerprint density at radius 1 is 0.684 bits per heavy atom. The molecule has 0 spiro atoms. The fourth-order valence-electron chi connectivity index (χ4n) is 0. The second-order valence-corrected chi connectivity index (χ2v) is 3.32. The second-order valence-electron chi connectivity index (χ2n) is 3.32. The Balaban J connectivity index is -0.0000000865. The van der Waals surface area contributed by atoms with Crippen LogP contribution in [0.15, 0.2) is 0 Å². The molecular formula is C9H18LaN3O6. The zero-order chi connectivity index (χ0) is 15.5. The molecule has 0 amide bonds. The SMILES string of the molecule is C[C@H](N)C(=O)[O-].C[C@H](N)C(=O)[O-].C[C@H](N)C(=O)[O-].[La+3]. The van der Waals surface area contributed by atoms with Crippen molar-refractivity contribution in [3.63, 3.8) is 0 Å². The van der Waals surface area contributed by atoms with E-state index in [0.717, 1.165) is 0 Å². The van der Waals surface area contributed by atoms with E-state index in [9.17, 15) is 29.7 Å². The Kier molecular flexibility index (Phi) is 22.0. The molecule has 0 aromatic rings. The van der Waals surface area contributed by atoms with Gasteiger partial charge in [-0.3, -0.25) is 0 Å². The molecule has 0 unspecified atom stereocenters. The fraction of sp³-hybridized carbons (Fsp3) is 0.667. The number of rotatable bonds is 3. The van der Waals surface area contributed by atoms with Crippen LogP contribution in [-0.2, 0) is 14.4 Å². The Bertz CT molecular complexity index is 228. The van der Waals surface area contributed by atoms with Crippen LogP contribution in [0.25, 0.3) is 0 Å². The molecule has 0 aromatic heterocycles. The van der Waals surface area contributed by atoms with Crippen molar-refractivity contribution in [3.05, 3.63) is 0 Å². The zero-order valence-corrected chi connectivity index (χ0v) is 14.6. The molecule has 0 aliphatic carbocycles. The predicted molar refractivity (Wildman–Crippen MR) is 56.0 cm³/mol. The van der Waals surface area contributed by atoms with Gasteiger partial charge in [-0.05, 0) is 20.8 Å². The molecule has 0 radical (unpaired) electrons. The van der Waals surface area contributed by atoms with E-state index >= 15 is 0 Å². The van der Waals surface area contributed by atoms with Crippen molar-refractivity contribution in [2.45, 2.75) is 38.9 Å². The summed E-state index contributed by atoms with van der Waals surface area (Å²) in [5.74, 6) is -3.64. The van der Waals surface area contributed by atoms with Crippen LogP contribution < -0.4 is 32.5 Å². The number of carbonyl (C=O) groups excluding carboxylic acids is 3. The first kappa shape index (κ1) is 26.9. The number of carboxylic acid groups (broad SMARTS) is 3. The summed E-state index contributed by atoms with van der Waals surface area (Å²) in [6.45, 7) is 4.07. The first-order valence-corrected chi connectivity index (χ1v) is 4.82. The molecule has 0 aliphatic heterocycles. The van der Waals surface area contributed by atoms with Crippen molar-refractivity contribution in [1.82, 2.24) is 0 Å². The van der Waals surface area contributed by atoms with Crippen LogP contribution in [0.2, 0.25) is 0 Å². The third-order valence-corrected chi connectivity index (χ3v) is 1.12. The Morgan fingerprint density at radius 3 is 0.737 bits per heavy atom. The smallest absolute Gasteiger partial charge is 0.548 e. The van der Waals surface area contributed by atoms with E-state index in [4.69, 9.17) is 17.2 Å². The number of hydrogen-bond donors (Lipinski definition) is 3. The zero-order valence-electron chi connectivity index (χ0n) is 11.0. The molecule has 0 aromatic carbocycles. The molecule has 9 nitrogen and oxygen atoms in total. The van der Waals surface area contributed by atoms with E-state index in [-0.39, 0.29) is 35.6 Å². The van der Waals surface area contributed by atoms with Crippen molar-refractivity contribution in [2.24, 2.45) is 17.2 Å². The summed E-state index contributed by atoms with van der Waals surface area (Å²) >= 11 is 0. The Labute approximate surface area is 139 Å². The molecule has 108 valence electrons. The van der Waals surface area contributed by atoms with E-state index in [1.54, 1.807) is 0 Å². The van der Waals surface area contributed by atoms with Crippen molar-refractivity contribution in [1.29, 1.82) is 0 Å². The summed E-state index contributed by atoms with van der Waals surface area (Å²) < 4.78 is 0. The van der Waals surface area contributed by atoms with E-state index in [0.29, 0.717) is 0 Å². The summed E-state index contributed by atoms with van der Waals surface area (Å²) in [5, 5.41) is 28.4. The summed E-state index contributed by atoms with van der Waals surface area (Å²) in [6.07, 6.45) is 0. The molecule has 0 saturated carbocycles. The van der Waals surface area contributed by atoms with E-state index in [2.05, 4.69) is 0 Å². The van der Waals surface area contributed by atoms with Crippen LogP contribution >= 0.6 is 0 Å². The molecule has 0 aliphatic rings. The van der Waals surface area contributed by atoms with Crippen molar-refractivity contribution in [3.8, 4) is 0 Å². The van der Waals surface area contributed by atoms with Gasteiger partial charge in [-0.1, -0.05) is 0 Å². The van der Waals surface area contributed by atoms with Crippen LogP contribution in [-0.4, -0.2) is 36.0 Å². The number of hydrogen-bond acceptors (Lipinski definition) is 9. The van der Waals surface area contributed by atoms with Gasteiger partial charge in [0.1, 0.15) is 0 Å². The van der Waals surface area contributed by atoms with Gasteiger partial charge in [0.05, 0.1) is 17.9 Å². The second kappa shape index (κ2) is 15.5. The van der Waals surface area contributed by atoms with Gasteiger partial charge in [-0.25, -0.2) is 0 Å². The first-order valence-electron chi connectivity index (χ1n) is 4.82. The van der Waals surface area contributed by atoms with Crippen LogP contribution in [0, 0.1) is 35.6 Å². The van der Waals surface area contributed by atoms with Crippen LogP contribution in [0.5, 0.6) is 0 Å². The van der Waals surface area contributed by atoms with E-state index < -0.39 is 36.0 Å². The third kappa shape index (κ3) is 31.8. The molecule has 10 heteroatoms. The molecule has 0 rings (SSSR count). The maximum Gasteiger partial charge on any atom is 3.00 e. The fourth-order valence-corrected chi connectivity index (χ4v) is 0. The van der Waals surface area contributed by atoms with Gasteiger partial charge in [-0.15, -0.1) is 0 Å². The maximum absolute atomic E-state index is 9.46. The Hall–Kier alpha value is -0.515. The van der Waals surface area contributed by atoms with Crippen molar-refractivity contribution < 1.29 is 65.3 Å². The monoisotopic (exact) mass is 403 g/mol. The maximum atomic E-state index is 9.46. The van der Waals surface area contributed by atoms with Crippen molar-refractivity contribution >= 4 is 17.9 Å². The topological polar surface area (TPSA) is 198 Å². The number of carboxylic acids is 3. The average Bonchev–Trinajstić information content (AvgIpc) is 2.18. The third-order valence-electron chi connectivity index (χ3n) is 1.12. The Morgan fingerprint density at radius 2 is 0.737 bits per heavy atom. The van der Waals surface area contributed by atoms with Crippen molar-refractivity contribution in [2.75, 3.05) is 0 Å². The molecule has 19 heavy (non-hydrogen) atoms. The number of aliphatic carboxylic acids is 3. The molecule has 6 N–H and O–H groups in total. The van der Waals surface area contributed by atoms with Gasteiger partial charge < -0.3 is 46.9 Å². The van der Waals surface area contributed by atoms with Crippen LogP contribution in [0.4, 0.5) is 0 Å². The van der Waals surface area contributed by atoms with Gasteiger partial charge in [0.15, 0.2) is 0 Å². The largest absolute Gasteiger partial charge is 3.00 e. The van der Waals surface area contributed by atoms with E-state index in [1.165, 1.54) is 20.8 Å². The van der Waals surface area contributed by atoms with Gasteiger partial charge in [-0.2, -0.15) is 0 Å². The normalized spacial score (nSPS) is 12.9. The summed E-state index contributed by atoms with van der Waals surface area (Å²) in [5.41, 5.74) is 14.3. The molecule has 0 heterocycles. The van der Waals surface area contributed by atoms with Crippen LogP contribution in [0.3, 0.4) is 0 Å². The van der Waals surface area contributed by atoms with Gasteiger partial charge >= 0.3 is 35.6 Å². The first-order chi connectivity index (χ1) is 7.93. The van der Waals surface area contributed by atoms with Gasteiger partial charge in [0.25, 0.3) is 0 Å². The average molecular weight is 403 g/mol. The standard InChI is InChI=1S/3C3H7NO2.La/c3*1-2(4)3(5)6;/h3*2H,4H2,1H3,(H,5,6);/q;;;+3/p-3/t3*2-;/m000./s1. The molecule has 0 saturated heterocycles. The van der Waals surface area contributed by atoms with E-state index in [1.807, 2.05) is 0 Å². The molecular weight excluding hydrogens is 385 g/mol. The molecule has 0 fully saturated rings. The predicted octanol–water partition coefficient (Wildman–Crippen LogP) is -5.75. The van der Waals surface area contributed by atoms with Gasteiger partial charge in [0.2, 0.25) is 0 Å². The minimum atomic E-state index is -1.21. The van der Waals surface area contributed by atoms with Crippen LogP contribution in [0.1, 0.15) is 20.8 Å². The summed E-state index contributed by atoms with van der Waals surface area (Å²) in [7, 11) is 0. The number of carbonyl (C=O) groups is 3.